The highest BCUT2D eigenvalue weighted by Crippen LogP contribution is 2.14. The van der Waals surface area contributed by atoms with Crippen LogP contribution in [-0.2, 0) is 4.74 Å². The van der Waals surface area contributed by atoms with Crippen LogP contribution in [0.5, 0.6) is 0 Å². The lowest BCUT2D eigenvalue weighted by Gasteiger charge is -2.12. The van der Waals surface area contributed by atoms with Gasteiger partial charge >= 0.3 is 6.18 Å². The Morgan fingerprint density at radius 1 is 1.58 bits per heavy atom. The number of alkyl halides is 3. The van der Waals surface area contributed by atoms with Gasteiger partial charge in [-0.05, 0) is 0 Å². The van der Waals surface area contributed by atoms with Gasteiger partial charge in [-0.1, -0.05) is 6.08 Å². The van der Waals surface area contributed by atoms with Crippen molar-refractivity contribution >= 4 is 0 Å². The number of nitrogens with two attached hydrogens (primary N) is 1. The van der Waals surface area contributed by atoms with Crippen LogP contribution in [0.15, 0.2) is 12.7 Å². The minimum atomic E-state index is -4.29. The van der Waals surface area contributed by atoms with Gasteiger partial charge in [0.25, 0.3) is 0 Å². The number of halogens is 3. The number of hydrogen-bond acceptors (Lipinski definition) is 3. The molecule has 0 heterocycles. The maximum Gasteiger partial charge on any atom is 0.411 e. The number of rotatable bonds is 5. The molecular weight excluding hydrogens is 173 g/mol. The zero-order valence-corrected chi connectivity index (χ0v) is 6.40. The Labute approximate surface area is 68.3 Å². The molecule has 6 heteroatoms. The van der Waals surface area contributed by atoms with Crippen LogP contribution in [0.4, 0.5) is 13.2 Å². The zero-order valence-electron chi connectivity index (χ0n) is 6.40. The summed E-state index contributed by atoms with van der Waals surface area (Å²) in [6.07, 6.45) is -2.92. The fraction of sp³-hybridized carbons (Fsp3) is 0.667. The standard InChI is InChI=1S/C6H11F3N2O/c1-2-5(11-10)3-12-4-6(7,8)9/h2,5,11H,1,3-4,10H2. The summed E-state index contributed by atoms with van der Waals surface area (Å²) >= 11 is 0. The third kappa shape index (κ3) is 6.14. The Morgan fingerprint density at radius 3 is 2.50 bits per heavy atom. The van der Waals surface area contributed by atoms with E-state index >= 15 is 0 Å². The number of ether oxygens (including phenoxy) is 1. The lowest BCUT2D eigenvalue weighted by molar-refractivity contribution is -0.174. The van der Waals surface area contributed by atoms with Crippen molar-refractivity contribution in [3.05, 3.63) is 12.7 Å². The lowest BCUT2D eigenvalue weighted by atomic mass is 10.3. The molecular formula is C6H11F3N2O. The Kier molecular flexibility index (Phi) is 4.87. The van der Waals surface area contributed by atoms with Crippen LogP contribution in [0.2, 0.25) is 0 Å². The van der Waals surface area contributed by atoms with Crippen molar-refractivity contribution in [2.45, 2.75) is 12.2 Å². The van der Waals surface area contributed by atoms with E-state index in [1.165, 1.54) is 6.08 Å². The first-order valence-electron chi connectivity index (χ1n) is 3.23. The monoisotopic (exact) mass is 184 g/mol. The number of hydrazine groups is 1. The second-order valence-electron chi connectivity index (χ2n) is 2.14. The smallest absolute Gasteiger partial charge is 0.370 e. The third-order valence-electron chi connectivity index (χ3n) is 1.06. The topological polar surface area (TPSA) is 47.3 Å². The average Bonchev–Trinajstić information content (AvgIpc) is 1.96. The predicted molar refractivity (Wildman–Crippen MR) is 38.2 cm³/mol. The van der Waals surface area contributed by atoms with Gasteiger partial charge in [-0.2, -0.15) is 13.2 Å². The summed E-state index contributed by atoms with van der Waals surface area (Å²) in [6, 6.07) is -0.452. The molecule has 1 atom stereocenters. The van der Waals surface area contributed by atoms with Gasteiger partial charge < -0.3 is 4.74 Å². The molecule has 0 spiro atoms. The molecule has 0 aromatic heterocycles. The Bertz CT molecular complexity index is 137. The summed E-state index contributed by atoms with van der Waals surface area (Å²) in [7, 11) is 0. The van der Waals surface area contributed by atoms with Crippen molar-refractivity contribution in [1.29, 1.82) is 0 Å². The first-order valence-corrected chi connectivity index (χ1v) is 3.23. The highest BCUT2D eigenvalue weighted by molar-refractivity contribution is 4.83. The van der Waals surface area contributed by atoms with Gasteiger partial charge in [0, 0.05) is 0 Å². The van der Waals surface area contributed by atoms with E-state index in [4.69, 9.17) is 5.84 Å². The van der Waals surface area contributed by atoms with Crippen LogP contribution in [0, 0.1) is 0 Å². The van der Waals surface area contributed by atoms with Crippen LogP contribution in [0.25, 0.3) is 0 Å². The second kappa shape index (κ2) is 5.13. The van der Waals surface area contributed by atoms with E-state index in [-0.39, 0.29) is 6.61 Å². The van der Waals surface area contributed by atoms with E-state index in [1.54, 1.807) is 0 Å². The minimum absolute atomic E-state index is 0.139. The van der Waals surface area contributed by atoms with Crippen molar-refractivity contribution in [3.8, 4) is 0 Å². The van der Waals surface area contributed by atoms with Gasteiger partial charge in [0.05, 0.1) is 12.6 Å². The first-order chi connectivity index (χ1) is 5.49. The molecule has 0 aliphatic rings. The fourth-order valence-electron chi connectivity index (χ4n) is 0.486. The second-order valence-corrected chi connectivity index (χ2v) is 2.14. The molecule has 1 unspecified atom stereocenters. The highest BCUT2D eigenvalue weighted by Gasteiger charge is 2.27. The first kappa shape index (κ1) is 11.4. The average molecular weight is 184 g/mol. The summed E-state index contributed by atoms with van der Waals surface area (Å²) in [5, 5.41) is 0. The van der Waals surface area contributed by atoms with Gasteiger partial charge in [0.1, 0.15) is 6.61 Å². The molecule has 0 aromatic rings. The largest absolute Gasteiger partial charge is 0.411 e. The molecule has 0 fully saturated rings. The summed E-state index contributed by atoms with van der Waals surface area (Å²) in [4.78, 5) is 0. The molecule has 12 heavy (non-hydrogen) atoms. The van der Waals surface area contributed by atoms with Crippen molar-refractivity contribution in [1.82, 2.24) is 5.43 Å². The summed E-state index contributed by atoms with van der Waals surface area (Å²) in [5.74, 6) is 4.95. The Hall–Kier alpha value is -0.590. The van der Waals surface area contributed by atoms with E-state index in [2.05, 4.69) is 16.7 Å². The molecule has 0 amide bonds. The molecule has 0 aliphatic heterocycles. The van der Waals surface area contributed by atoms with Crippen LogP contribution in [-0.4, -0.2) is 25.4 Å². The molecule has 0 rings (SSSR count). The van der Waals surface area contributed by atoms with Gasteiger partial charge in [-0.15, -0.1) is 6.58 Å². The van der Waals surface area contributed by atoms with Crippen LogP contribution >= 0.6 is 0 Å². The maximum atomic E-state index is 11.5. The molecule has 0 aliphatic carbocycles. The van der Waals surface area contributed by atoms with Gasteiger partial charge in [0.15, 0.2) is 0 Å². The Morgan fingerprint density at radius 2 is 2.17 bits per heavy atom. The third-order valence-corrected chi connectivity index (χ3v) is 1.06. The molecule has 3 nitrogen and oxygen atoms in total. The molecule has 0 saturated carbocycles. The lowest BCUT2D eigenvalue weighted by Crippen LogP contribution is -2.37. The number of nitrogens with one attached hydrogen (secondary N) is 1. The van der Waals surface area contributed by atoms with E-state index < -0.39 is 18.8 Å². The van der Waals surface area contributed by atoms with Crippen molar-refractivity contribution < 1.29 is 17.9 Å². The van der Waals surface area contributed by atoms with Gasteiger partial charge in [-0.25, -0.2) is 0 Å². The van der Waals surface area contributed by atoms with Crippen LogP contribution in [0.1, 0.15) is 0 Å². The minimum Gasteiger partial charge on any atom is -0.370 e. The molecule has 0 radical (unpaired) electrons. The Balaban J connectivity index is 3.48. The molecule has 0 saturated heterocycles. The molecule has 0 bridgehead atoms. The fourth-order valence-corrected chi connectivity index (χ4v) is 0.486. The molecule has 72 valence electrons. The van der Waals surface area contributed by atoms with Gasteiger partial charge in [0.2, 0.25) is 0 Å². The van der Waals surface area contributed by atoms with Crippen LogP contribution < -0.4 is 11.3 Å². The van der Waals surface area contributed by atoms with Crippen molar-refractivity contribution in [2.24, 2.45) is 5.84 Å². The molecule has 0 aromatic carbocycles. The summed E-state index contributed by atoms with van der Waals surface area (Å²) in [5.41, 5.74) is 2.23. The van der Waals surface area contributed by atoms with E-state index in [0.717, 1.165) is 0 Å². The zero-order chi connectivity index (χ0) is 9.61. The van der Waals surface area contributed by atoms with E-state index in [0.29, 0.717) is 0 Å². The quantitative estimate of drug-likeness (QED) is 0.373. The van der Waals surface area contributed by atoms with Crippen molar-refractivity contribution in [3.63, 3.8) is 0 Å². The van der Waals surface area contributed by atoms with Crippen molar-refractivity contribution in [2.75, 3.05) is 13.2 Å². The predicted octanol–water partition coefficient (Wildman–Crippen LogP) is 0.583. The van der Waals surface area contributed by atoms with Crippen LogP contribution in [0.3, 0.4) is 0 Å². The number of hydrogen-bond donors (Lipinski definition) is 2. The van der Waals surface area contributed by atoms with E-state index in [1.807, 2.05) is 0 Å². The van der Waals surface area contributed by atoms with E-state index in [9.17, 15) is 13.2 Å². The summed E-state index contributed by atoms with van der Waals surface area (Å²) in [6.45, 7) is 1.94. The molecule has 3 N–H and O–H groups in total. The SMILES string of the molecule is C=CC(COCC(F)(F)F)NN. The maximum absolute atomic E-state index is 11.5. The normalized spacial score (nSPS) is 14.3. The highest BCUT2D eigenvalue weighted by atomic mass is 19.4. The van der Waals surface area contributed by atoms with Gasteiger partial charge in [-0.3, -0.25) is 11.3 Å². The summed E-state index contributed by atoms with van der Waals surface area (Å²) < 4.78 is 38.8.